The molecule has 1 aliphatic heterocycles. The van der Waals surface area contributed by atoms with Gasteiger partial charge in [-0.15, -0.1) is 0 Å². The van der Waals surface area contributed by atoms with Gasteiger partial charge in [0.25, 0.3) is 0 Å². The summed E-state index contributed by atoms with van der Waals surface area (Å²) in [6, 6.07) is 2.34. The molecule has 0 radical (unpaired) electrons. The molecule has 1 amide bonds. The Hall–Kier alpha value is -2.64. The molecule has 7 nitrogen and oxygen atoms in total. The molecule has 0 N–H and O–H groups in total. The Morgan fingerprint density at radius 1 is 1.15 bits per heavy atom. The number of carbonyl (C=O) groups is 3. The van der Waals surface area contributed by atoms with Crippen molar-refractivity contribution in [2.75, 3.05) is 38.2 Å². The summed E-state index contributed by atoms with van der Waals surface area (Å²) in [7, 11) is 1.17. The molecule has 1 aromatic rings. The lowest BCUT2D eigenvalue weighted by atomic mass is 10.1. The summed E-state index contributed by atoms with van der Waals surface area (Å²) in [5.41, 5.74) is -0.425. The Balaban J connectivity index is 0.00000364. The van der Waals surface area contributed by atoms with Gasteiger partial charge in [0.1, 0.15) is 11.4 Å². The Kier molecular flexibility index (Phi) is 7.33. The molecule has 2 rings (SSSR count). The largest absolute Gasteiger partial charge is 0.465 e. The molecule has 0 bridgehead atoms. The summed E-state index contributed by atoms with van der Waals surface area (Å²) in [4.78, 5) is 38.3. The molecule has 0 spiro atoms. The van der Waals surface area contributed by atoms with E-state index in [0.717, 1.165) is 6.07 Å². The van der Waals surface area contributed by atoms with Gasteiger partial charge in [-0.2, -0.15) is 0 Å². The molecule has 0 aromatic heterocycles. The van der Waals surface area contributed by atoms with E-state index in [0.29, 0.717) is 32.5 Å². The van der Waals surface area contributed by atoms with Crippen LogP contribution in [0.4, 0.5) is 14.9 Å². The topological polar surface area (TPSA) is 76.2 Å². The van der Waals surface area contributed by atoms with E-state index in [1.165, 1.54) is 13.2 Å². The maximum atomic E-state index is 14.5. The second kappa shape index (κ2) is 8.83. The Morgan fingerprint density at radius 2 is 1.74 bits per heavy atom. The van der Waals surface area contributed by atoms with Crippen LogP contribution in [0.15, 0.2) is 12.1 Å². The lowest BCUT2D eigenvalue weighted by molar-refractivity contribution is 0.0240. The van der Waals surface area contributed by atoms with Crippen molar-refractivity contribution in [1.29, 1.82) is 0 Å². The first kappa shape index (κ1) is 22.4. The molecule has 1 saturated heterocycles. The van der Waals surface area contributed by atoms with E-state index in [1.807, 2.05) is 0 Å². The third-order valence-corrected chi connectivity index (χ3v) is 3.92. The zero-order valence-electron chi connectivity index (χ0n) is 15.4. The van der Waals surface area contributed by atoms with E-state index < -0.39 is 23.5 Å². The normalized spacial score (nSPS) is 14.3. The Bertz CT molecular complexity index is 707. The number of ether oxygens (including phenoxy) is 2. The van der Waals surface area contributed by atoms with Crippen LogP contribution >= 0.6 is 0 Å². The second-order valence-corrected chi connectivity index (χ2v) is 6.95. The molecule has 0 saturated carbocycles. The van der Waals surface area contributed by atoms with E-state index in [9.17, 15) is 18.8 Å². The van der Waals surface area contributed by atoms with Gasteiger partial charge < -0.3 is 19.3 Å². The van der Waals surface area contributed by atoms with Crippen molar-refractivity contribution in [1.82, 2.24) is 4.90 Å². The Morgan fingerprint density at radius 3 is 2.22 bits per heavy atom. The number of esters is 1. The smallest absolute Gasteiger partial charge is 0.410 e. The molecule has 0 unspecified atom stereocenters. The third kappa shape index (κ3) is 5.42. The number of aldehydes is 1. The van der Waals surface area contributed by atoms with Crippen LogP contribution in [0.2, 0.25) is 0 Å². The lowest BCUT2D eigenvalue weighted by Gasteiger charge is -2.37. The van der Waals surface area contributed by atoms with Crippen LogP contribution in [0.1, 0.15) is 48.9 Å². The summed E-state index contributed by atoms with van der Waals surface area (Å²) in [5.74, 6) is -1.39. The number of methoxy groups -OCH3 is 1. The molecule has 1 aromatic carbocycles. The highest BCUT2D eigenvalue weighted by Gasteiger charge is 2.27. The van der Waals surface area contributed by atoms with Crippen LogP contribution in [0.25, 0.3) is 0 Å². The van der Waals surface area contributed by atoms with Crippen molar-refractivity contribution < 1.29 is 28.2 Å². The van der Waals surface area contributed by atoms with Crippen LogP contribution in [0.3, 0.4) is 0 Å². The van der Waals surface area contributed by atoms with Crippen molar-refractivity contribution >= 4 is 24.0 Å². The van der Waals surface area contributed by atoms with Gasteiger partial charge in [0.2, 0.25) is 0 Å². The van der Waals surface area contributed by atoms with Gasteiger partial charge in [0.15, 0.2) is 6.29 Å². The van der Waals surface area contributed by atoms with E-state index >= 15 is 0 Å². The number of anilines is 1. The van der Waals surface area contributed by atoms with E-state index in [-0.39, 0.29) is 24.2 Å². The van der Waals surface area contributed by atoms with Gasteiger partial charge in [-0.05, 0) is 32.9 Å². The van der Waals surface area contributed by atoms with Crippen LogP contribution in [0.5, 0.6) is 0 Å². The molecule has 8 heteroatoms. The maximum Gasteiger partial charge on any atom is 0.410 e. The fraction of sp³-hybridized carbons (Fsp3) is 0.526. The zero-order valence-corrected chi connectivity index (χ0v) is 15.4. The average Bonchev–Trinajstić information content (AvgIpc) is 2.59. The monoisotopic (exact) mass is 382 g/mol. The summed E-state index contributed by atoms with van der Waals surface area (Å²) in [6.45, 7) is 6.87. The van der Waals surface area contributed by atoms with Gasteiger partial charge >= 0.3 is 12.1 Å². The second-order valence-electron chi connectivity index (χ2n) is 6.95. The first-order valence-corrected chi connectivity index (χ1v) is 8.26. The molecular formula is C19H27FN2O5. The predicted octanol–water partition coefficient (Wildman–Crippen LogP) is 3.12. The minimum absolute atomic E-state index is 0. The highest BCUT2D eigenvalue weighted by atomic mass is 19.1. The summed E-state index contributed by atoms with van der Waals surface area (Å²) < 4.78 is 24.3. The number of rotatable bonds is 3. The summed E-state index contributed by atoms with van der Waals surface area (Å²) >= 11 is 0. The first-order chi connectivity index (χ1) is 12.2. The molecule has 1 aliphatic rings. The zero-order chi connectivity index (χ0) is 19.5. The van der Waals surface area contributed by atoms with Crippen LogP contribution in [-0.2, 0) is 9.47 Å². The number of nitrogens with zero attached hydrogens (tertiary/aromatic N) is 2. The number of hydrogen-bond acceptors (Lipinski definition) is 6. The van der Waals surface area contributed by atoms with Crippen molar-refractivity contribution in [3.63, 3.8) is 0 Å². The molecule has 0 atom stereocenters. The van der Waals surface area contributed by atoms with Crippen LogP contribution in [0, 0.1) is 5.82 Å². The maximum absolute atomic E-state index is 14.5. The standard InChI is InChI=1S/C18H23FN2O5.CH4/c1-18(2,3)26-17(24)21-7-5-20(6-8-21)15-9-12(11-22)13(10-14(15)19)16(23)25-4;/h9-11H,5-8H2,1-4H3;1H4. The van der Waals surface area contributed by atoms with Gasteiger partial charge in [0.05, 0.1) is 18.4 Å². The predicted molar refractivity (Wildman–Crippen MR) is 99.9 cm³/mol. The van der Waals surface area contributed by atoms with Gasteiger partial charge in [-0.3, -0.25) is 4.79 Å². The number of hydrogen-bond donors (Lipinski definition) is 0. The van der Waals surface area contributed by atoms with E-state index in [1.54, 1.807) is 30.6 Å². The molecule has 1 fully saturated rings. The minimum Gasteiger partial charge on any atom is -0.465 e. The van der Waals surface area contributed by atoms with Crippen LogP contribution < -0.4 is 4.90 Å². The molecule has 150 valence electrons. The average molecular weight is 382 g/mol. The van der Waals surface area contributed by atoms with Crippen LogP contribution in [-0.4, -0.2) is 62.1 Å². The SMILES string of the molecule is C.COC(=O)c1cc(F)c(N2CCN(C(=O)OC(C)(C)C)CC2)cc1C=O. The number of amides is 1. The highest BCUT2D eigenvalue weighted by Crippen LogP contribution is 2.25. The fourth-order valence-corrected chi connectivity index (χ4v) is 2.66. The highest BCUT2D eigenvalue weighted by molar-refractivity contribution is 5.99. The van der Waals surface area contributed by atoms with E-state index in [2.05, 4.69) is 4.74 Å². The third-order valence-electron chi connectivity index (χ3n) is 3.92. The van der Waals surface area contributed by atoms with Gasteiger partial charge in [-0.1, -0.05) is 7.43 Å². The minimum atomic E-state index is -0.771. The number of benzene rings is 1. The summed E-state index contributed by atoms with van der Waals surface area (Å²) in [5, 5.41) is 0. The summed E-state index contributed by atoms with van der Waals surface area (Å²) in [6.07, 6.45) is 0.0822. The molecule has 1 heterocycles. The van der Waals surface area contributed by atoms with Crippen molar-refractivity contribution in [3.8, 4) is 0 Å². The molecular weight excluding hydrogens is 355 g/mol. The molecule has 27 heavy (non-hydrogen) atoms. The quantitative estimate of drug-likeness (QED) is 0.591. The van der Waals surface area contributed by atoms with Crippen molar-refractivity contribution in [2.45, 2.75) is 33.8 Å². The number of carbonyl (C=O) groups excluding carboxylic acids is 3. The number of piperazine rings is 1. The first-order valence-electron chi connectivity index (χ1n) is 8.26. The van der Waals surface area contributed by atoms with Gasteiger partial charge in [-0.25, -0.2) is 14.0 Å². The fourth-order valence-electron chi connectivity index (χ4n) is 2.66. The van der Waals surface area contributed by atoms with Crippen molar-refractivity contribution in [3.05, 3.63) is 29.1 Å². The lowest BCUT2D eigenvalue weighted by Crippen LogP contribution is -2.50. The Labute approximate surface area is 159 Å². The molecule has 0 aliphatic carbocycles. The van der Waals surface area contributed by atoms with Crippen molar-refractivity contribution in [2.24, 2.45) is 0 Å². The number of halogens is 1. The van der Waals surface area contributed by atoms with Gasteiger partial charge in [0, 0.05) is 31.7 Å². The van der Waals surface area contributed by atoms with E-state index in [4.69, 9.17) is 4.74 Å².